The van der Waals surface area contributed by atoms with E-state index < -0.39 is 5.97 Å². The molecule has 0 fully saturated rings. The number of aryl methyl sites for hydroxylation is 2. The lowest BCUT2D eigenvalue weighted by atomic mass is 10.3. The highest BCUT2D eigenvalue weighted by Gasteiger charge is 2.17. The summed E-state index contributed by atoms with van der Waals surface area (Å²) in [6.07, 6.45) is 1.90. The standard InChI is InChI=1S/C11H14N4O2S/c1-4-17-11(16)8-10(18-6-12-8)13-9-7(2)5-15(3)14-9/h5-6H,4H2,1-3H3,(H,13,14). The van der Waals surface area contributed by atoms with E-state index in [2.05, 4.69) is 15.4 Å². The summed E-state index contributed by atoms with van der Waals surface area (Å²) in [4.78, 5) is 15.7. The summed E-state index contributed by atoms with van der Waals surface area (Å²) in [5.41, 5.74) is 2.90. The van der Waals surface area contributed by atoms with Gasteiger partial charge in [-0.2, -0.15) is 5.10 Å². The predicted molar refractivity (Wildman–Crippen MR) is 69.3 cm³/mol. The van der Waals surface area contributed by atoms with E-state index in [0.29, 0.717) is 23.1 Å². The lowest BCUT2D eigenvalue weighted by Crippen LogP contribution is -2.07. The first kappa shape index (κ1) is 12.6. The molecule has 0 radical (unpaired) electrons. The number of hydrogen-bond acceptors (Lipinski definition) is 6. The van der Waals surface area contributed by atoms with Crippen molar-refractivity contribution in [2.45, 2.75) is 13.8 Å². The molecule has 2 aromatic heterocycles. The van der Waals surface area contributed by atoms with E-state index in [4.69, 9.17) is 4.74 Å². The van der Waals surface area contributed by atoms with Crippen molar-refractivity contribution in [3.05, 3.63) is 23.0 Å². The average Bonchev–Trinajstić information content (AvgIpc) is 2.87. The summed E-state index contributed by atoms with van der Waals surface area (Å²) in [5.74, 6) is 0.294. The number of carbonyl (C=O) groups excluding carboxylic acids is 1. The minimum absolute atomic E-state index is 0.298. The highest BCUT2D eigenvalue weighted by Crippen LogP contribution is 2.26. The van der Waals surface area contributed by atoms with Gasteiger partial charge in [-0.05, 0) is 13.8 Å². The van der Waals surface area contributed by atoms with E-state index in [1.54, 1.807) is 17.1 Å². The topological polar surface area (TPSA) is 69.0 Å². The molecular formula is C11H14N4O2S. The van der Waals surface area contributed by atoms with Crippen LogP contribution in [0.4, 0.5) is 10.8 Å². The molecule has 0 aliphatic rings. The van der Waals surface area contributed by atoms with Crippen LogP contribution in [0.15, 0.2) is 11.7 Å². The lowest BCUT2D eigenvalue weighted by molar-refractivity contribution is 0.0521. The van der Waals surface area contributed by atoms with Crippen LogP contribution >= 0.6 is 11.3 Å². The first-order valence-corrected chi connectivity index (χ1v) is 6.37. The largest absolute Gasteiger partial charge is 0.461 e. The molecule has 0 saturated carbocycles. The third-order valence-corrected chi connectivity index (χ3v) is 3.02. The Morgan fingerprint density at radius 1 is 1.61 bits per heavy atom. The van der Waals surface area contributed by atoms with Crippen LogP contribution < -0.4 is 5.32 Å². The normalized spacial score (nSPS) is 10.4. The number of rotatable bonds is 4. The van der Waals surface area contributed by atoms with Gasteiger partial charge in [0.25, 0.3) is 0 Å². The van der Waals surface area contributed by atoms with Crippen molar-refractivity contribution in [1.29, 1.82) is 0 Å². The lowest BCUT2D eigenvalue weighted by Gasteiger charge is -2.04. The quantitative estimate of drug-likeness (QED) is 0.858. The van der Waals surface area contributed by atoms with Gasteiger partial charge < -0.3 is 10.1 Å². The van der Waals surface area contributed by atoms with Crippen LogP contribution in [0.3, 0.4) is 0 Å². The Labute approximate surface area is 109 Å². The van der Waals surface area contributed by atoms with Crippen LogP contribution in [0.5, 0.6) is 0 Å². The molecule has 2 rings (SSSR count). The summed E-state index contributed by atoms with van der Waals surface area (Å²) in [6, 6.07) is 0. The summed E-state index contributed by atoms with van der Waals surface area (Å²) < 4.78 is 6.65. The molecule has 0 bridgehead atoms. The zero-order chi connectivity index (χ0) is 13.1. The van der Waals surface area contributed by atoms with Crippen LogP contribution in [-0.4, -0.2) is 27.3 Å². The molecule has 0 aliphatic carbocycles. The predicted octanol–water partition coefficient (Wildman–Crippen LogP) is 2.11. The van der Waals surface area contributed by atoms with Gasteiger partial charge in [0.2, 0.25) is 0 Å². The molecule has 0 spiro atoms. The second-order valence-corrected chi connectivity index (χ2v) is 4.56. The Bertz CT molecular complexity index is 561. The Morgan fingerprint density at radius 2 is 2.39 bits per heavy atom. The molecule has 0 unspecified atom stereocenters. The van der Waals surface area contributed by atoms with Crippen molar-refractivity contribution in [2.24, 2.45) is 7.05 Å². The second kappa shape index (κ2) is 5.18. The maximum absolute atomic E-state index is 11.7. The van der Waals surface area contributed by atoms with E-state index in [1.807, 2.05) is 20.2 Å². The molecule has 0 amide bonds. The summed E-state index contributed by atoms with van der Waals surface area (Å²) in [6.45, 7) is 4.04. The molecular weight excluding hydrogens is 252 g/mol. The Balaban J connectivity index is 2.22. The van der Waals surface area contributed by atoms with Gasteiger partial charge in [0.05, 0.1) is 12.1 Å². The number of hydrogen-bond donors (Lipinski definition) is 1. The molecule has 7 heteroatoms. The second-order valence-electron chi connectivity index (χ2n) is 3.71. The van der Waals surface area contributed by atoms with Crippen LogP contribution in [0, 0.1) is 6.92 Å². The van der Waals surface area contributed by atoms with Gasteiger partial charge in [0.1, 0.15) is 5.00 Å². The number of carbonyl (C=O) groups is 1. The van der Waals surface area contributed by atoms with Gasteiger partial charge in [0.15, 0.2) is 11.5 Å². The SMILES string of the molecule is CCOC(=O)c1ncsc1Nc1nn(C)cc1C. The van der Waals surface area contributed by atoms with Crippen LogP contribution in [0.25, 0.3) is 0 Å². The van der Waals surface area contributed by atoms with Crippen molar-refractivity contribution < 1.29 is 9.53 Å². The monoisotopic (exact) mass is 266 g/mol. The third-order valence-electron chi connectivity index (χ3n) is 2.28. The number of thiazole rings is 1. The number of ether oxygens (including phenoxy) is 1. The van der Waals surface area contributed by atoms with Gasteiger partial charge in [-0.1, -0.05) is 0 Å². The Kier molecular flexibility index (Phi) is 3.61. The number of aromatic nitrogens is 3. The molecule has 18 heavy (non-hydrogen) atoms. The van der Waals surface area contributed by atoms with Gasteiger partial charge >= 0.3 is 5.97 Å². The summed E-state index contributed by atoms with van der Waals surface area (Å²) >= 11 is 1.34. The van der Waals surface area contributed by atoms with Crippen molar-refractivity contribution >= 4 is 28.1 Å². The summed E-state index contributed by atoms with van der Waals surface area (Å²) in [5, 5.41) is 8.02. The molecule has 6 nitrogen and oxygen atoms in total. The van der Waals surface area contributed by atoms with E-state index in [1.165, 1.54) is 11.3 Å². The molecule has 0 saturated heterocycles. The fourth-order valence-electron chi connectivity index (χ4n) is 1.52. The van der Waals surface area contributed by atoms with Crippen molar-refractivity contribution in [3.8, 4) is 0 Å². The molecule has 1 N–H and O–H groups in total. The van der Waals surface area contributed by atoms with Crippen LogP contribution in [0.2, 0.25) is 0 Å². The van der Waals surface area contributed by atoms with Gasteiger partial charge in [-0.15, -0.1) is 11.3 Å². The zero-order valence-corrected chi connectivity index (χ0v) is 11.2. The smallest absolute Gasteiger partial charge is 0.360 e. The summed E-state index contributed by atoms with van der Waals surface area (Å²) in [7, 11) is 1.84. The van der Waals surface area contributed by atoms with Crippen LogP contribution in [0.1, 0.15) is 23.0 Å². The highest BCUT2D eigenvalue weighted by molar-refractivity contribution is 7.14. The number of anilines is 2. The molecule has 96 valence electrons. The fourth-order valence-corrected chi connectivity index (χ4v) is 2.18. The van der Waals surface area contributed by atoms with Crippen molar-refractivity contribution in [1.82, 2.24) is 14.8 Å². The minimum atomic E-state index is -0.421. The number of nitrogens with one attached hydrogen (secondary N) is 1. The zero-order valence-electron chi connectivity index (χ0n) is 10.4. The van der Waals surface area contributed by atoms with Crippen molar-refractivity contribution in [2.75, 3.05) is 11.9 Å². The Morgan fingerprint density at radius 3 is 3.00 bits per heavy atom. The first-order chi connectivity index (χ1) is 8.61. The third kappa shape index (κ3) is 2.51. The highest BCUT2D eigenvalue weighted by atomic mass is 32.1. The van der Waals surface area contributed by atoms with E-state index in [9.17, 15) is 4.79 Å². The van der Waals surface area contributed by atoms with Gasteiger partial charge in [0, 0.05) is 18.8 Å². The molecule has 2 heterocycles. The fraction of sp³-hybridized carbons (Fsp3) is 0.364. The van der Waals surface area contributed by atoms with Gasteiger partial charge in [-0.25, -0.2) is 9.78 Å². The van der Waals surface area contributed by atoms with E-state index >= 15 is 0 Å². The van der Waals surface area contributed by atoms with Gasteiger partial charge in [-0.3, -0.25) is 4.68 Å². The maximum atomic E-state index is 11.7. The first-order valence-electron chi connectivity index (χ1n) is 5.49. The Hall–Kier alpha value is -1.89. The number of esters is 1. The van der Waals surface area contributed by atoms with Crippen molar-refractivity contribution in [3.63, 3.8) is 0 Å². The maximum Gasteiger partial charge on any atom is 0.360 e. The van der Waals surface area contributed by atoms with Crippen LogP contribution in [-0.2, 0) is 11.8 Å². The molecule has 0 aliphatic heterocycles. The molecule has 0 atom stereocenters. The molecule has 2 aromatic rings. The van der Waals surface area contributed by atoms with E-state index in [0.717, 1.165) is 5.56 Å². The minimum Gasteiger partial charge on any atom is -0.461 e. The van der Waals surface area contributed by atoms with E-state index in [-0.39, 0.29) is 0 Å². The average molecular weight is 266 g/mol. The number of nitrogens with zero attached hydrogens (tertiary/aromatic N) is 3. The molecule has 0 aromatic carbocycles.